The van der Waals surface area contributed by atoms with Crippen molar-refractivity contribution in [1.82, 2.24) is 10.9 Å². The number of hydrazine groups is 1. The number of carbonyl (C=O) groups excluding carboxylic acids is 1. The first kappa shape index (κ1) is 31.8. The molecule has 0 spiro atoms. The van der Waals surface area contributed by atoms with Gasteiger partial charge < -0.3 is 14.6 Å². The van der Waals surface area contributed by atoms with Gasteiger partial charge in [0, 0.05) is 57.8 Å². The molecule has 2 atom stereocenters. The second kappa shape index (κ2) is 14.9. The number of azide groups is 1. The maximum atomic E-state index is 14.4. The molecule has 5 rings (SSSR count). The van der Waals surface area contributed by atoms with Crippen LogP contribution in [0, 0.1) is 0 Å². The summed E-state index contributed by atoms with van der Waals surface area (Å²) in [5, 5.41) is 13.6. The van der Waals surface area contributed by atoms with Gasteiger partial charge in [0.25, 0.3) is 5.91 Å². The van der Waals surface area contributed by atoms with Crippen molar-refractivity contribution in [3.63, 3.8) is 0 Å². The van der Waals surface area contributed by atoms with Crippen LogP contribution in [0.25, 0.3) is 10.4 Å². The van der Waals surface area contributed by atoms with Crippen molar-refractivity contribution in [2.24, 2.45) is 10.1 Å². The average Bonchev–Trinajstić information content (AvgIpc) is 3.43. The lowest BCUT2D eigenvalue weighted by molar-refractivity contribution is -0.130. The van der Waals surface area contributed by atoms with Crippen LogP contribution in [0.15, 0.2) is 107 Å². The number of nitrogens with zero attached hydrogens (tertiary/aromatic N) is 4. The summed E-state index contributed by atoms with van der Waals surface area (Å²) in [4.78, 5) is 22.4. The average molecular weight is 646 g/mol. The lowest BCUT2D eigenvalue weighted by Crippen LogP contribution is -2.53. The van der Waals surface area contributed by atoms with Gasteiger partial charge >= 0.3 is 0 Å². The SMILES string of the molecule is [N-]=[N+]=Nc1ccccc1C[C@]1(C(=O)NNCc2ccccc2)N=C(c2ccc(OCCCO)cc2)O[C@H]1c1ccc(Cl)cc1Cl. The number of carbonyl (C=O) groups is 1. The van der Waals surface area contributed by atoms with Gasteiger partial charge in [-0.15, -0.1) is 0 Å². The van der Waals surface area contributed by atoms with E-state index in [4.69, 9.17) is 42.8 Å². The fourth-order valence-electron chi connectivity index (χ4n) is 5.00. The van der Waals surface area contributed by atoms with E-state index in [-0.39, 0.29) is 18.9 Å². The van der Waals surface area contributed by atoms with Gasteiger partial charge in [-0.05, 0) is 53.1 Å². The predicted molar refractivity (Wildman–Crippen MR) is 174 cm³/mol. The number of hydrogen-bond acceptors (Lipinski definition) is 7. The highest BCUT2D eigenvalue weighted by Gasteiger charge is 2.54. The summed E-state index contributed by atoms with van der Waals surface area (Å²) < 4.78 is 12.2. The number of ether oxygens (including phenoxy) is 2. The molecule has 0 radical (unpaired) electrons. The molecule has 0 aromatic heterocycles. The van der Waals surface area contributed by atoms with Gasteiger partial charge in [-0.25, -0.2) is 10.4 Å². The molecule has 1 heterocycles. The first-order valence-electron chi connectivity index (χ1n) is 14.2. The zero-order valence-electron chi connectivity index (χ0n) is 24.1. The highest BCUT2D eigenvalue weighted by molar-refractivity contribution is 6.35. The minimum absolute atomic E-state index is 0.0104. The van der Waals surface area contributed by atoms with Crippen LogP contribution in [0.2, 0.25) is 10.0 Å². The highest BCUT2D eigenvalue weighted by atomic mass is 35.5. The van der Waals surface area contributed by atoms with Gasteiger partial charge in [0.05, 0.1) is 6.61 Å². The second-order valence-corrected chi connectivity index (χ2v) is 11.1. The Kier molecular flexibility index (Phi) is 10.6. The first-order valence-corrected chi connectivity index (χ1v) is 14.9. The molecule has 1 aliphatic rings. The largest absolute Gasteiger partial charge is 0.494 e. The molecule has 0 fully saturated rings. The Morgan fingerprint density at radius 1 is 1.04 bits per heavy atom. The molecule has 0 bridgehead atoms. The molecule has 0 aliphatic carbocycles. The van der Waals surface area contributed by atoms with Gasteiger partial charge in [0.15, 0.2) is 11.6 Å². The molecule has 0 unspecified atom stereocenters. The fraction of sp³-hybridized carbons (Fsp3) is 0.212. The zero-order chi connectivity index (χ0) is 31.6. The Morgan fingerprint density at radius 3 is 2.53 bits per heavy atom. The number of aliphatic hydroxyl groups is 1. The molecule has 0 saturated carbocycles. The Hall–Kier alpha value is -4.57. The number of nitrogens with one attached hydrogen (secondary N) is 2. The molecule has 45 heavy (non-hydrogen) atoms. The summed E-state index contributed by atoms with van der Waals surface area (Å²) in [6.45, 7) is 0.762. The van der Waals surface area contributed by atoms with Gasteiger partial charge in [-0.3, -0.25) is 10.2 Å². The van der Waals surface area contributed by atoms with Crippen LogP contribution in [0.3, 0.4) is 0 Å². The minimum Gasteiger partial charge on any atom is -0.494 e. The summed E-state index contributed by atoms with van der Waals surface area (Å²) in [6, 6.07) is 28.7. The highest BCUT2D eigenvalue weighted by Crippen LogP contribution is 2.46. The molecular weight excluding hydrogens is 615 g/mol. The van der Waals surface area contributed by atoms with Crippen molar-refractivity contribution >= 4 is 40.7 Å². The maximum Gasteiger partial charge on any atom is 0.266 e. The number of amides is 1. The van der Waals surface area contributed by atoms with Crippen LogP contribution in [-0.2, 0) is 22.5 Å². The fourth-order valence-corrected chi connectivity index (χ4v) is 5.51. The molecule has 1 aliphatic heterocycles. The predicted octanol–water partition coefficient (Wildman–Crippen LogP) is 7.02. The van der Waals surface area contributed by atoms with Gasteiger partial charge in [0.1, 0.15) is 5.75 Å². The van der Waals surface area contributed by atoms with Crippen molar-refractivity contribution in [3.8, 4) is 5.75 Å². The molecule has 12 heteroatoms. The van der Waals surface area contributed by atoms with Crippen LogP contribution in [0.4, 0.5) is 5.69 Å². The van der Waals surface area contributed by atoms with E-state index in [1.165, 1.54) is 0 Å². The van der Waals surface area contributed by atoms with E-state index in [9.17, 15) is 10.3 Å². The molecule has 1 amide bonds. The number of halogens is 2. The summed E-state index contributed by atoms with van der Waals surface area (Å²) in [5.41, 5.74) is 16.5. The molecule has 4 aromatic rings. The molecule has 3 N–H and O–H groups in total. The Balaban J connectivity index is 1.58. The number of aliphatic hydroxyl groups excluding tert-OH is 1. The minimum atomic E-state index is -1.60. The Bertz CT molecular complexity index is 1710. The van der Waals surface area contributed by atoms with Crippen molar-refractivity contribution in [2.75, 3.05) is 13.2 Å². The third-order valence-corrected chi connectivity index (χ3v) is 7.78. The van der Waals surface area contributed by atoms with Crippen LogP contribution in [-0.4, -0.2) is 35.7 Å². The van der Waals surface area contributed by atoms with Crippen LogP contribution >= 0.6 is 23.2 Å². The summed E-state index contributed by atoms with van der Waals surface area (Å²) in [6.07, 6.45) is -0.472. The van der Waals surface area contributed by atoms with Gasteiger partial charge in [0.2, 0.25) is 5.90 Å². The molecule has 0 saturated heterocycles. The van der Waals surface area contributed by atoms with E-state index < -0.39 is 17.6 Å². The molecule has 230 valence electrons. The van der Waals surface area contributed by atoms with Crippen LogP contribution in [0.1, 0.15) is 34.8 Å². The van der Waals surface area contributed by atoms with Crippen LogP contribution < -0.4 is 15.6 Å². The quantitative estimate of drug-likeness (QED) is 0.0471. The zero-order valence-corrected chi connectivity index (χ0v) is 25.6. The number of benzene rings is 4. The number of aliphatic imine (C=N–C) groups is 1. The summed E-state index contributed by atoms with van der Waals surface area (Å²) >= 11 is 13.0. The van der Waals surface area contributed by atoms with Crippen molar-refractivity contribution in [2.45, 2.75) is 31.0 Å². The van der Waals surface area contributed by atoms with Crippen LogP contribution in [0.5, 0.6) is 5.75 Å². The maximum absolute atomic E-state index is 14.4. The van der Waals surface area contributed by atoms with Crippen molar-refractivity contribution in [3.05, 3.63) is 140 Å². The molecular formula is C33H30Cl2N6O4. The molecule has 4 aromatic carbocycles. The summed E-state index contributed by atoms with van der Waals surface area (Å²) in [7, 11) is 0. The second-order valence-electron chi connectivity index (χ2n) is 10.2. The van der Waals surface area contributed by atoms with E-state index in [0.29, 0.717) is 57.7 Å². The Morgan fingerprint density at radius 2 is 1.80 bits per heavy atom. The standard InChI is InChI=1S/C33H30Cl2N6O4/c34-25-13-16-27(28(35)19-25)30-33(20-24-9-4-5-10-29(24)39-41-36,32(43)40-37-21-22-7-2-1-3-8-22)38-31(45-30)23-11-14-26(15-12-23)44-18-6-17-42/h1-5,7-16,19,30,37,42H,6,17-18,20-21H2,(H,40,43)/t30-,33-/m0/s1. The first-order chi connectivity index (χ1) is 21.9. The van der Waals surface area contributed by atoms with Gasteiger partial charge in [-0.1, -0.05) is 89.0 Å². The van der Waals surface area contributed by atoms with Crippen molar-refractivity contribution in [1.29, 1.82) is 0 Å². The molecule has 10 nitrogen and oxygen atoms in total. The third kappa shape index (κ3) is 7.57. The summed E-state index contributed by atoms with van der Waals surface area (Å²) in [5.74, 6) is 0.344. The Labute approximate surface area is 270 Å². The van der Waals surface area contributed by atoms with E-state index in [0.717, 1.165) is 5.56 Å². The van der Waals surface area contributed by atoms with E-state index in [1.54, 1.807) is 66.7 Å². The monoisotopic (exact) mass is 644 g/mol. The third-order valence-electron chi connectivity index (χ3n) is 7.22. The van der Waals surface area contributed by atoms with Gasteiger partial charge in [-0.2, -0.15) is 0 Å². The lowest BCUT2D eigenvalue weighted by atomic mass is 9.81. The van der Waals surface area contributed by atoms with E-state index >= 15 is 0 Å². The lowest BCUT2D eigenvalue weighted by Gasteiger charge is -2.31. The topological polar surface area (TPSA) is 141 Å². The van der Waals surface area contributed by atoms with Crippen molar-refractivity contribution < 1.29 is 19.4 Å². The number of hydrogen-bond donors (Lipinski definition) is 3. The van der Waals surface area contributed by atoms with E-state index in [1.807, 2.05) is 30.3 Å². The number of rotatable bonds is 13. The normalized spacial score (nSPS) is 17.1. The smallest absolute Gasteiger partial charge is 0.266 e. The van der Waals surface area contributed by atoms with E-state index in [2.05, 4.69) is 20.9 Å².